The van der Waals surface area contributed by atoms with E-state index in [1.54, 1.807) is 7.11 Å². The van der Waals surface area contributed by atoms with E-state index in [0.717, 1.165) is 50.6 Å². The smallest absolute Gasteiger partial charge is 0.241 e. The molecule has 2 aromatic rings. The lowest BCUT2D eigenvalue weighted by Gasteiger charge is -2.37. The molecule has 5 heteroatoms. The molecule has 0 aliphatic carbocycles. The third-order valence-electron chi connectivity index (χ3n) is 6.26. The van der Waals surface area contributed by atoms with Crippen LogP contribution in [0, 0.1) is 0 Å². The predicted octanol–water partition coefficient (Wildman–Crippen LogP) is 4.35. The minimum absolute atomic E-state index is 0.0781. The van der Waals surface area contributed by atoms with Gasteiger partial charge in [0.25, 0.3) is 0 Å². The van der Waals surface area contributed by atoms with E-state index in [4.69, 9.17) is 4.74 Å². The van der Waals surface area contributed by atoms with Crippen LogP contribution in [-0.2, 0) is 11.3 Å². The minimum Gasteiger partial charge on any atom is -0.497 e. The Hall–Kier alpha value is -2.37. The number of para-hydroxylation sites is 1. The highest BCUT2D eigenvalue weighted by molar-refractivity contribution is 5.95. The van der Waals surface area contributed by atoms with Gasteiger partial charge in [-0.15, -0.1) is 0 Å². The molecule has 1 aliphatic rings. The zero-order valence-electron chi connectivity index (χ0n) is 18.7. The second-order valence-electron chi connectivity index (χ2n) is 8.22. The van der Waals surface area contributed by atoms with Crippen molar-refractivity contribution in [3.8, 4) is 5.75 Å². The number of ether oxygens (including phenoxy) is 1. The van der Waals surface area contributed by atoms with Gasteiger partial charge in [0.15, 0.2) is 0 Å². The number of hydrogen-bond acceptors (Lipinski definition) is 4. The average molecular weight is 410 g/mol. The molecule has 2 aromatic carbocycles. The van der Waals surface area contributed by atoms with Gasteiger partial charge in [-0.1, -0.05) is 44.2 Å². The lowest BCUT2D eigenvalue weighted by Crippen LogP contribution is -2.52. The number of amides is 1. The molecule has 5 nitrogen and oxygen atoms in total. The highest BCUT2D eigenvalue weighted by Gasteiger charge is 2.26. The summed E-state index contributed by atoms with van der Waals surface area (Å²) in [4.78, 5) is 17.7. The van der Waals surface area contributed by atoms with Crippen LogP contribution in [0.5, 0.6) is 5.75 Å². The molecule has 0 aromatic heterocycles. The van der Waals surface area contributed by atoms with Gasteiger partial charge in [0.05, 0.1) is 13.2 Å². The summed E-state index contributed by atoms with van der Waals surface area (Å²) in [6.45, 7) is 11.1. The predicted molar refractivity (Wildman–Crippen MR) is 123 cm³/mol. The number of methoxy groups -OCH3 is 1. The van der Waals surface area contributed by atoms with Crippen LogP contribution in [0.15, 0.2) is 48.5 Å². The van der Waals surface area contributed by atoms with Crippen LogP contribution in [0.2, 0.25) is 0 Å². The summed E-state index contributed by atoms with van der Waals surface area (Å²) in [5, 5.41) is 3.18. The minimum atomic E-state index is -0.141. The normalized spacial score (nSPS) is 17.3. The molecule has 1 aliphatic heterocycles. The van der Waals surface area contributed by atoms with E-state index in [0.29, 0.717) is 5.92 Å². The number of carbonyl (C=O) groups is 1. The van der Waals surface area contributed by atoms with E-state index in [-0.39, 0.29) is 11.9 Å². The van der Waals surface area contributed by atoms with Crippen molar-refractivity contribution < 1.29 is 9.53 Å². The first-order valence-corrected chi connectivity index (χ1v) is 11.0. The summed E-state index contributed by atoms with van der Waals surface area (Å²) in [6, 6.07) is 16.3. The van der Waals surface area contributed by atoms with Gasteiger partial charge in [0.1, 0.15) is 5.75 Å². The molecule has 1 N–H and O–H groups in total. The summed E-state index contributed by atoms with van der Waals surface area (Å²) < 4.78 is 5.23. The van der Waals surface area contributed by atoms with Gasteiger partial charge in [-0.3, -0.25) is 14.6 Å². The van der Waals surface area contributed by atoms with Crippen LogP contribution in [0.4, 0.5) is 5.69 Å². The average Bonchev–Trinajstić information content (AvgIpc) is 2.79. The first-order valence-electron chi connectivity index (χ1n) is 11.0. The van der Waals surface area contributed by atoms with E-state index < -0.39 is 0 Å². The van der Waals surface area contributed by atoms with Gasteiger partial charge in [0.2, 0.25) is 5.91 Å². The van der Waals surface area contributed by atoms with Crippen molar-refractivity contribution in [1.29, 1.82) is 0 Å². The Morgan fingerprint density at radius 2 is 1.70 bits per heavy atom. The Bertz CT molecular complexity index is 813. The Morgan fingerprint density at radius 3 is 2.33 bits per heavy atom. The van der Waals surface area contributed by atoms with Crippen LogP contribution in [-0.4, -0.2) is 55.0 Å². The van der Waals surface area contributed by atoms with Crippen LogP contribution in [0.3, 0.4) is 0 Å². The van der Waals surface area contributed by atoms with E-state index in [1.165, 1.54) is 11.1 Å². The Labute approximate surface area is 181 Å². The highest BCUT2D eigenvalue weighted by atomic mass is 16.5. The quantitative estimate of drug-likeness (QED) is 0.704. The topological polar surface area (TPSA) is 44.8 Å². The summed E-state index contributed by atoms with van der Waals surface area (Å²) in [6.07, 6.45) is 1.05. The lowest BCUT2D eigenvalue weighted by molar-refractivity contribution is -0.121. The molecule has 1 amide bonds. The summed E-state index contributed by atoms with van der Waals surface area (Å²) >= 11 is 0. The van der Waals surface area contributed by atoms with Gasteiger partial charge in [-0.2, -0.15) is 0 Å². The van der Waals surface area contributed by atoms with Crippen molar-refractivity contribution in [1.82, 2.24) is 9.80 Å². The molecular formula is C25H35N3O2. The number of nitrogens with one attached hydrogen (secondary N) is 1. The van der Waals surface area contributed by atoms with Gasteiger partial charge >= 0.3 is 0 Å². The van der Waals surface area contributed by atoms with Crippen LogP contribution in [0.25, 0.3) is 0 Å². The van der Waals surface area contributed by atoms with Gasteiger partial charge < -0.3 is 10.1 Å². The fourth-order valence-electron chi connectivity index (χ4n) is 3.96. The van der Waals surface area contributed by atoms with Crippen LogP contribution in [0.1, 0.15) is 44.2 Å². The van der Waals surface area contributed by atoms with Crippen molar-refractivity contribution >= 4 is 11.6 Å². The standard InChI is InChI=1S/C25H35N3O2/c1-5-19(2)23-8-6-7-9-24(23)26-25(29)20(3)28-16-14-27(15-17-28)18-21-10-12-22(30-4)13-11-21/h6-13,19-20H,5,14-18H2,1-4H3,(H,26,29)/t19-,20+/m0/s1. The molecule has 2 atom stereocenters. The molecule has 0 bridgehead atoms. The maximum Gasteiger partial charge on any atom is 0.241 e. The van der Waals surface area contributed by atoms with Gasteiger partial charge in [-0.25, -0.2) is 0 Å². The molecule has 162 valence electrons. The van der Waals surface area contributed by atoms with Gasteiger partial charge in [-0.05, 0) is 48.6 Å². The summed E-state index contributed by atoms with van der Waals surface area (Å²) in [5.74, 6) is 1.39. The van der Waals surface area contributed by atoms with Crippen LogP contribution < -0.4 is 10.1 Å². The van der Waals surface area contributed by atoms with Gasteiger partial charge in [0, 0.05) is 38.4 Å². The molecular weight excluding hydrogens is 374 g/mol. The summed E-state index contributed by atoms with van der Waals surface area (Å²) in [5.41, 5.74) is 3.45. The largest absolute Gasteiger partial charge is 0.497 e. The molecule has 0 radical (unpaired) electrons. The number of carbonyl (C=O) groups excluding carboxylic acids is 1. The molecule has 0 unspecified atom stereocenters. The Morgan fingerprint density at radius 1 is 1.03 bits per heavy atom. The second kappa shape index (κ2) is 10.6. The number of nitrogens with zero attached hydrogens (tertiary/aromatic N) is 2. The zero-order chi connectivity index (χ0) is 21.5. The van der Waals surface area contributed by atoms with Crippen molar-refractivity contribution in [3.63, 3.8) is 0 Å². The van der Waals surface area contributed by atoms with Crippen molar-refractivity contribution in [2.45, 2.75) is 45.7 Å². The zero-order valence-corrected chi connectivity index (χ0v) is 18.7. The van der Waals surface area contributed by atoms with E-state index >= 15 is 0 Å². The SMILES string of the molecule is CC[C@H](C)c1ccccc1NC(=O)[C@@H](C)N1CCN(Cc2ccc(OC)cc2)CC1. The van der Waals surface area contributed by atoms with E-state index in [9.17, 15) is 4.79 Å². The number of rotatable bonds is 8. The molecule has 3 rings (SSSR count). The summed E-state index contributed by atoms with van der Waals surface area (Å²) in [7, 11) is 1.69. The fourth-order valence-corrected chi connectivity index (χ4v) is 3.96. The van der Waals surface area contributed by atoms with E-state index in [1.807, 2.05) is 37.3 Å². The highest BCUT2D eigenvalue weighted by Crippen LogP contribution is 2.27. The molecule has 0 saturated carbocycles. The number of piperazine rings is 1. The number of hydrogen-bond donors (Lipinski definition) is 1. The monoisotopic (exact) mass is 409 g/mol. The fraction of sp³-hybridized carbons (Fsp3) is 0.480. The first-order chi connectivity index (χ1) is 14.5. The molecule has 1 heterocycles. The number of benzene rings is 2. The van der Waals surface area contributed by atoms with Crippen molar-refractivity contribution in [2.24, 2.45) is 0 Å². The van der Waals surface area contributed by atoms with Crippen molar-refractivity contribution in [3.05, 3.63) is 59.7 Å². The third-order valence-corrected chi connectivity index (χ3v) is 6.26. The van der Waals surface area contributed by atoms with E-state index in [2.05, 4.69) is 47.2 Å². The van der Waals surface area contributed by atoms with Crippen molar-refractivity contribution in [2.75, 3.05) is 38.6 Å². The lowest BCUT2D eigenvalue weighted by atomic mass is 9.97. The first kappa shape index (κ1) is 22.3. The molecule has 1 saturated heterocycles. The Balaban J connectivity index is 1.52. The number of anilines is 1. The molecule has 30 heavy (non-hydrogen) atoms. The second-order valence-corrected chi connectivity index (χ2v) is 8.22. The third kappa shape index (κ3) is 5.61. The molecule has 1 fully saturated rings. The molecule has 0 spiro atoms. The van der Waals surface area contributed by atoms with Crippen LogP contribution >= 0.6 is 0 Å². The maximum atomic E-state index is 12.9. The Kier molecular flexibility index (Phi) is 7.88. The maximum absolute atomic E-state index is 12.9.